The molecule has 4 aromatic rings. The normalized spacial score (nSPS) is 10.8. The summed E-state index contributed by atoms with van der Waals surface area (Å²) < 4.78 is 1.14. The molecule has 7 heteroatoms. The molecule has 0 aliphatic carbocycles. The molecule has 0 fully saturated rings. The highest BCUT2D eigenvalue weighted by Gasteiger charge is 2.16. The number of carbonyl (C=O) groups is 1. The number of nitrogens with one attached hydrogen (secondary N) is 1. The molecule has 4 rings (SSSR count). The molecular formula is C22H17N3O3S. The van der Waals surface area contributed by atoms with Gasteiger partial charge in [0.2, 0.25) is 0 Å². The van der Waals surface area contributed by atoms with Crippen molar-refractivity contribution in [2.45, 2.75) is 13.8 Å². The van der Waals surface area contributed by atoms with Gasteiger partial charge in [-0.25, -0.2) is 4.98 Å². The maximum Gasteiger partial charge on any atom is 0.293 e. The molecule has 0 bridgehead atoms. The topological polar surface area (TPSA) is 85.1 Å². The number of hydrogen-bond donors (Lipinski definition) is 1. The fraction of sp³-hybridized carbons (Fsp3) is 0.0909. The molecule has 0 unspecified atom stereocenters. The Morgan fingerprint density at radius 2 is 1.83 bits per heavy atom. The number of rotatable bonds is 5. The molecule has 1 N–H and O–H groups in total. The van der Waals surface area contributed by atoms with Gasteiger partial charge in [-0.2, -0.15) is 0 Å². The van der Waals surface area contributed by atoms with Crippen molar-refractivity contribution in [1.82, 2.24) is 4.98 Å². The van der Waals surface area contributed by atoms with E-state index in [4.69, 9.17) is 0 Å². The minimum absolute atomic E-state index is 0.136. The van der Waals surface area contributed by atoms with Gasteiger partial charge >= 0.3 is 0 Å². The largest absolute Gasteiger partial charge is 0.350 e. The van der Waals surface area contributed by atoms with Gasteiger partial charge in [-0.05, 0) is 67.9 Å². The van der Waals surface area contributed by atoms with E-state index in [1.165, 1.54) is 18.6 Å². The van der Waals surface area contributed by atoms with Crippen molar-refractivity contribution in [3.05, 3.63) is 81.9 Å². The van der Waals surface area contributed by atoms with Gasteiger partial charge in [0.05, 0.1) is 15.1 Å². The summed E-state index contributed by atoms with van der Waals surface area (Å²) in [6.45, 7) is 3.44. The number of carbonyl (C=O) groups excluding carboxylic acids is 1. The van der Waals surface area contributed by atoms with Crippen LogP contribution in [0.25, 0.3) is 20.8 Å². The number of nitrogens with zero attached hydrogens (tertiary/aromatic N) is 2. The monoisotopic (exact) mass is 403 g/mol. The Labute approximate surface area is 171 Å². The van der Waals surface area contributed by atoms with E-state index in [-0.39, 0.29) is 11.5 Å². The van der Waals surface area contributed by atoms with Crippen LogP contribution in [-0.2, 0) is 0 Å². The van der Waals surface area contributed by atoms with Gasteiger partial charge in [-0.15, -0.1) is 11.3 Å². The van der Waals surface area contributed by atoms with Gasteiger partial charge in [-0.3, -0.25) is 14.9 Å². The van der Waals surface area contributed by atoms with Gasteiger partial charge in [-0.1, -0.05) is 6.07 Å². The number of thiazole rings is 1. The summed E-state index contributed by atoms with van der Waals surface area (Å²) in [4.78, 5) is 27.1. The first-order valence-corrected chi connectivity index (χ1v) is 9.76. The van der Waals surface area contributed by atoms with E-state index >= 15 is 0 Å². The summed E-state index contributed by atoms with van der Waals surface area (Å²) in [5.74, 6) is -0.213. The summed E-state index contributed by atoms with van der Waals surface area (Å²) in [6.07, 6.45) is 0. The van der Waals surface area contributed by atoms with Crippen LogP contribution in [0.3, 0.4) is 0 Å². The van der Waals surface area contributed by atoms with Gasteiger partial charge in [0.1, 0.15) is 10.7 Å². The summed E-state index contributed by atoms with van der Waals surface area (Å²) >= 11 is 1.63. The summed E-state index contributed by atoms with van der Waals surface area (Å²) in [7, 11) is 0. The molecule has 0 saturated heterocycles. The van der Waals surface area contributed by atoms with Crippen molar-refractivity contribution >= 4 is 44.4 Å². The number of anilines is 2. The molecule has 0 spiro atoms. The molecule has 6 nitrogen and oxygen atoms in total. The van der Waals surface area contributed by atoms with Crippen molar-refractivity contribution < 1.29 is 9.72 Å². The number of benzene rings is 3. The molecule has 0 atom stereocenters. The van der Waals surface area contributed by atoms with Gasteiger partial charge in [0.15, 0.2) is 5.78 Å². The highest BCUT2D eigenvalue weighted by Crippen LogP contribution is 2.33. The summed E-state index contributed by atoms with van der Waals surface area (Å²) in [5, 5.41) is 15.4. The molecule has 0 aliphatic heterocycles. The second kappa shape index (κ2) is 7.44. The third kappa shape index (κ3) is 3.86. The van der Waals surface area contributed by atoms with E-state index < -0.39 is 4.92 Å². The number of nitro groups is 1. The average molecular weight is 403 g/mol. The Kier molecular flexibility index (Phi) is 4.82. The minimum Gasteiger partial charge on any atom is -0.350 e. The molecule has 0 radical (unpaired) electrons. The first kappa shape index (κ1) is 18.8. The second-order valence-electron chi connectivity index (χ2n) is 6.74. The molecule has 3 aromatic carbocycles. The minimum atomic E-state index is -0.494. The van der Waals surface area contributed by atoms with Crippen LogP contribution in [0.5, 0.6) is 0 Å². The lowest BCUT2D eigenvalue weighted by molar-refractivity contribution is -0.383. The van der Waals surface area contributed by atoms with Crippen LogP contribution in [0, 0.1) is 17.0 Å². The molecule has 0 aliphatic rings. The highest BCUT2D eigenvalue weighted by molar-refractivity contribution is 7.21. The number of aryl methyl sites for hydroxylation is 1. The predicted molar refractivity (Wildman–Crippen MR) is 116 cm³/mol. The lowest BCUT2D eigenvalue weighted by Gasteiger charge is -2.08. The molecule has 29 heavy (non-hydrogen) atoms. The smallest absolute Gasteiger partial charge is 0.293 e. The van der Waals surface area contributed by atoms with E-state index in [2.05, 4.69) is 23.3 Å². The van der Waals surface area contributed by atoms with E-state index in [0.717, 1.165) is 20.8 Å². The Morgan fingerprint density at radius 3 is 2.52 bits per heavy atom. The van der Waals surface area contributed by atoms with Gasteiger partial charge in [0.25, 0.3) is 5.69 Å². The van der Waals surface area contributed by atoms with Crippen molar-refractivity contribution in [3.8, 4) is 10.6 Å². The zero-order chi connectivity index (χ0) is 20.5. The zero-order valence-corrected chi connectivity index (χ0v) is 16.6. The predicted octanol–water partition coefficient (Wildman–Crippen LogP) is 6.13. The molecule has 0 amide bonds. The Hall–Kier alpha value is -3.58. The van der Waals surface area contributed by atoms with Gasteiger partial charge in [0, 0.05) is 22.9 Å². The van der Waals surface area contributed by atoms with Crippen LogP contribution < -0.4 is 5.32 Å². The molecular weight excluding hydrogens is 386 g/mol. The van der Waals surface area contributed by atoms with E-state index in [1.54, 1.807) is 23.5 Å². The quantitative estimate of drug-likeness (QED) is 0.246. The van der Waals surface area contributed by atoms with Crippen molar-refractivity contribution in [3.63, 3.8) is 0 Å². The highest BCUT2D eigenvalue weighted by atomic mass is 32.1. The number of aromatic nitrogens is 1. The van der Waals surface area contributed by atoms with Crippen LogP contribution in [-0.4, -0.2) is 15.7 Å². The Morgan fingerprint density at radius 1 is 1.07 bits per heavy atom. The standard InChI is InChI=1S/C22H17N3O3S/c1-13-3-9-19-21(11-13)29-22(24-19)15-4-7-17(8-5-15)23-18-10-6-16(14(2)26)12-20(18)25(27)28/h3-12,23H,1-2H3. The fourth-order valence-electron chi connectivity index (χ4n) is 3.01. The molecule has 1 heterocycles. The van der Waals surface area contributed by atoms with E-state index in [9.17, 15) is 14.9 Å². The Balaban J connectivity index is 1.61. The van der Waals surface area contributed by atoms with Crippen LogP contribution in [0.2, 0.25) is 0 Å². The zero-order valence-electron chi connectivity index (χ0n) is 15.8. The maximum atomic E-state index is 11.5. The summed E-state index contributed by atoms with van der Waals surface area (Å²) in [5.41, 5.74) is 4.37. The number of ketones is 1. The first-order chi connectivity index (χ1) is 13.9. The SMILES string of the molecule is CC(=O)c1ccc(Nc2ccc(-c3nc4ccc(C)cc4s3)cc2)c([N+](=O)[O-])c1. The maximum absolute atomic E-state index is 11.5. The lowest BCUT2D eigenvalue weighted by atomic mass is 10.1. The van der Waals surface area contributed by atoms with Crippen LogP contribution in [0.4, 0.5) is 17.1 Å². The van der Waals surface area contributed by atoms with Crippen LogP contribution in [0.15, 0.2) is 60.7 Å². The van der Waals surface area contributed by atoms with E-state index in [0.29, 0.717) is 16.9 Å². The average Bonchev–Trinajstić information content (AvgIpc) is 3.11. The van der Waals surface area contributed by atoms with Crippen LogP contribution in [0.1, 0.15) is 22.8 Å². The lowest BCUT2D eigenvalue weighted by Crippen LogP contribution is -2.00. The molecule has 0 saturated carbocycles. The van der Waals surface area contributed by atoms with Gasteiger partial charge < -0.3 is 5.32 Å². The van der Waals surface area contributed by atoms with Crippen molar-refractivity contribution in [1.29, 1.82) is 0 Å². The van der Waals surface area contributed by atoms with Crippen LogP contribution >= 0.6 is 11.3 Å². The van der Waals surface area contributed by atoms with E-state index in [1.807, 2.05) is 36.4 Å². The second-order valence-corrected chi connectivity index (χ2v) is 7.77. The number of hydrogen-bond acceptors (Lipinski definition) is 6. The third-order valence-corrected chi connectivity index (χ3v) is 5.62. The number of fused-ring (bicyclic) bond motifs is 1. The molecule has 144 valence electrons. The summed E-state index contributed by atoms with van der Waals surface area (Å²) in [6, 6.07) is 18.2. The van der Waals surface area contributed by atoms with Crippen molar-refractivity contribution in [2.24, 2.45) is 0 Å². The van der Waals surface area contributed by atoms with Crippen molar-refractivity contribution in [2.75, 3.05) is 5.32 Å². The third-order valence-electron chi connectivity index (χ3n) is 4.56. The Bertz CT molecular complexity index is 1250. The first-order valence-electron chi connectivity index (χ1n) is 8.95. The molecule has 1 aromatic heterocycles. The fourth-order valence-corrected chi connectivity index (χ4v) is 4.08. The number of Topliss-reactive ketones (excluding diaryl/α,β-unsaturated/α-hetero) is 1. The number of nitro benzene ring substituents is 1.